The van der Waals surface area contributed by atoms with Gasteiger partial charge in [-0.3, -0.25) is 4.79 Å². The molecule has 1 aromatic rings. The molecule has 104 valence electrons. The van der Waals surface area contributed by atoms with Crippen LogP contribution in [-0.4, -0.2) is 11.9 Å². The summed E-state index contributed by atoms with van der Waals surface area (Å²) < 4.78 is 25.8. The lowest BCUT2D eigenvalue weighted by Gasteiger charge is -2.27. The molecule has 1 aliphatic rings. The first kappa shape index (κ1) is 13.9. The van der Waals surface area contributed by atoms with Gasteiger partial charge in [0.2, 0.25) is 5.91 Å². The van der Waals surface area contributed by atoms with Gasteiger partial charge in [-0.15, -0.1) is 0 Å². The average molecular weight is 268 g/mol. The van der Waals surface area contributed by atoms with E-state index in [0.29, 0.717) is 5.56 Å². The zero-order valence-corrected chi connectivity index (χ0v) is 10.7. The molecular formula is C14H18F2N2O. The summed E-state index contributed by atoms with van der Waals surface area (Å²) in [6.07, 6.45) is 3.74. The highest BCUT2D eigenvalue weighted by Gasteiger charge is 2.27. The first-order valence-corrected chi connectivity index (χ1v) is 6.55. The Balaban J connectivity index is 1.90. The van der Waals surface area contributed by atoms with Crippen LogP contribution in [0.5, 0.6) is 0 Å². The van der Waals surface area contributed by atoms with Gasteiger partial charge in [-0.2, -0.15) is 0 Å². The Morgan fingerprint density at radius 2 is 2.00 bits per heavy atom. The summed E-state index contributed by atoms with van der Waals surface area (Å²) in [5, 5.41) is 2.74. The predicted molar refractivity (Wildman–Crippen MR) is 68.1 cm³/mol. The molecule has 1 saturated carbocycles. The molecule has 0 aliphatic heterocycles. The summed E-state index contributed by atoms with van der Waals surface area (Å²) in [7, 11) is 0. The van der Waals surface area contributed by atoms with Crippen molar-refractivity contribution in [2.75, 3.05) is 0 Å². The Kier molecular flexibility index (Phi) is 4.47. The van der Waals surface area contributed by atoms with Gasteiger partial charge in [-0.25, -0.2) is 8.78 Å². The summed E-state index contributed by atoms with van der Waals surface area (Å²) in [6, 6.07) is 3.51. The number of hydrogen-bond donors (Lipinski definition) is 2. The van der Waals surface area contributed by atoms with Crippen molar-refractivity contribution in [1.29, 1.82) is 0 Å². The van der Waals surface area contributed by atoms with Crippen LogP contribution < -0.4 is 11.1 Å². The van der Waals surface area contributed by atoms with Gasteiger partial charge in [-0.05, 0) is 30.5 Å². The number of amides is 1. The second-order valence-electron chi connectivity index (χ2n) is 5.02. The van der Waals surface area contributed by atoms with Crippen molar-refractivity contribution in [3.05, 3.63) is 35.4 Å². The van der Waals surface area contributed by atoms with E-state index in [2.05, 4.69) is 5.32 Å². The van der Waals surface area contributed by atoms with Crippen LogP contribution in [0.4, 0.5) is 8.78 Å². The van der Waals surface area contributed by atoms with Crippen LogP contribution in [0, 0.1) is 17.6 Å². The number of carbonyl (C=O) groups is 1. The standard InChI is InChI=1S/C14H18F2N2O/c15-11-6-5-9(7-12(11)16)8-18-14(19)10-3-1-2-4-13(10)17/h5-7,10,13H,1-4,8,17H2,(H,18,19). The van der Waals surface area contributed by atoms with Crippen molar-refractivity contribution in [3.63, 3.8) is 0 Å². The molecule has 0 spiro atoms. The largest absolute Gasteiger partial charge is 0.352 e. The average Bonchev–Trinajstić information content (AvgIpc) is 2.40. The fraction of sp³-hybridized carbons (Fsp3) is 0.500. The van der Waals surface area contributed by atoms with Gasteiger partial charge in [0.1, 0.15) is 0 Å². The number of benzene rings is 1. The number of nitrogens with two attached hydrogens (primary N) is 1. The number of hydrogen-bond acceptors (Lipinski definition) is 2. The Hall–Kier alpha value is -1.49. The lowest BCUT2D eigenvalue weighted by atomic mass is 9.84. The van der Waals surface area contributed by atoms with E-state index < -0.39 is 11.6 Å². The SMILES string of the molecule is NC1CCCCC1C(=O)NCc1ccc(F)c(F)c1. The lowest BCUT2D eigenvalue weighted by molar-refractivity contribution is -0.126. The maximum Gasteiger partial charge on any atom is 0.224 e. The molecule has 3 nitrogen and oxygen atoms in total. The van der Waals surface area contributed by atoms with Crippen molar-refractivity contribution in [2.24, 2.45) is 11.7 Å². The van der Waals surface area contributed by atoms with E-state index in [-0.39, 0.29) is 24.4 Å². The van der Waals surface area contributed by atoms with E-state index in [1.165, 1.54) is 6.07 Å². The highest BCUT2D eigenvalue weighted by atomic mass is 19.2. The predicted octanol–water partition coefficient (Wildman–Crippen LogP) is 2.10. The highest BCUT2D eigenvalue weighted by molar-refractivity contribution is 5.79. The summed E-state index contributed by atoms with van der Waals surface area (Å²) in [4.78, 5) is 12.0. The fourth-order valence-electron chi connectivity index (χ4n) is 2.45. The molecule has 0 radical (unpaired) electrons. The lowest BCUT2D eigenvalue weighted by Crippen LogP contribution is -2.43. The third kappa shape index (κ3) is 3.50. The normalized spacial score (nSPS) is 23.1. The van der Waals surface area contributed by atoms with Crippen LogP contribution in [0.15, 0.2) is 18.2 Å². The van der Waals surface area contributed by atoms with Crippen LogP contribution in [0.25, 0.3) is 0 Å². The first-order valence-electron chi connectivity index (χ1n) is 6.55. The van der Waals surface area contributed by atoms with Crippen molar-refractivity contribution in [1.82, 2.24) is 5.32 Å². The first-order chi connectivity index (χ1) is 9.08. The minimum absolute atomic E-state index is 0.0984. The molecule has 3 N–H and O–H groups in total. The fourth-order valence-corrected chi connectivity index (χ4v) is 2.45. The highest BCUT2D eigenvalue weighted by Crippen LogP contribution is 2.23. The van der Waals surface area contributed by atoms with Crippen molar-refractivity contribution >= 4 is 5.91 Å². The summed E-state index contributed by atoms with van der Waals surface area (Å²) in [6.45, 7) is 0.194. The number of nitrogens with one attached hydrogen (secondary N) is 1. The van der Waals surface area contributed by atoms with E-state index in [0.717, 1.165) is 37.8 Å². The molecule has 19 heavy (non-hydrogen) atoms. The molecule has 1 amide bonds. The molecule has 2 rings (SSSR count). The maximum absolute atomic E-state index is 13.0. The van der Waals surface area contributed by atoms with E-state index >= 15 is 0 Å². The van der Waals surface area contributed by atoms with Crippen LogP contribution in [-0.2, 0) is 11.3 Å². The van der Waals surface area contributed by atoms with E-state index in [1.807, 2.05) is 0 Å². The van der Waals surface area contributed by atoms with Gasteiger partial charge in [0.05, 0.1) is 5.92 Å². The molecule has 0 heterocycles. The Morgan fingerprint density at radius 1 is 1.26 bits per heavy atom. The molecule has 1 fully saturated rings. The minimum Gasteiger partial charge on any atom is -0.352 e. The number of halogens is 2. The molecular weight excluding hydrogens is 250 g/mol. The molecule has 0 saturated heterocycles. The molecule has 1 aliphatic carbocycles. The summed E-state index contributed by atoms with van der Waals surface area (Å²) in [5.74, 6) is -2.05. The second-order valence-corrected chi connectivity index (χ2v) is 5.02. The van der Waals surface area contributed by atoms with Gasteiger partial charge in [-0.1, -0.05) is 18.9 Å². The molecule has 2 atom stereocenters. The summed E-state index contributed by atoms with van der Waals surface area (Å²) >= 11 is 0. The number of rotatable bonds is 3. The third-order valence-electron chi connectivity index (χ3n) is 3.61. The van der Waals surface area contributed by atoms with Gasteiger partial charge >= 0.3 is 0 Å². The van der Waals surface area contributed by atoms with E-state index in [1.54, 1.807) is 0 Å². The Bertz CT molecular complexity index is 465. The van der Waals surface area contributed by atoms with Gasteiger partial charge in [0.15, 0.2) is 11.6 Å². The van der Waals surface area contributed by atoms with Crippen LogP contribution in [0.2, 0.25) is 0 Å². The van der Waals surface area contributed by atoms with Crippen molar-refractivity contribution < 1.29 is 13.6 Å². The van der Waals surface area contributed by atoms with Crippen LogP contribution >= 0.6 is 0 Å². The zero-order chi connectivity index (χ0) is 13.8. The Morgan fingerprint density at radius 3 is 2.68 bits per heavy atom. The molecule has 0 bridgehead atoms. The van der Waals surface area contributed by atoms with E-state index in [4.69, 9.17) is 5.73 Å². The quantitative estimate of drug-likeness (QED) is 0.882. The molecule has 1 aromatic carbocycles. The maximum atomic E-state index is 13.0. The van der Waals surface area contributed by atoms with Crippen molar-refractivity contribution in [2.45, 2.75) is 38.3 Å². The van der Waals surface area contributed by atoms with Gasteiger partial charge in [0.25, 0.3) is 0 Å². The zero-order valence-electron chi connectivity index (χ0n) is 10.7. The van der Waals surface area contributed by atoms with Crippen LogP contribution in [0.1, 0.15) is 31.2 Å². The van der Waals surface area contributed by atoms with Gasteiger partial charge < -0.3 is 11.1 Å². The number of carbonyl (C=O) groups excluding carboxylic acids is 1. The molecule has 2 unspecified atom stereocenters. The van der Waals surface area contributed by atoms with Gasteiger partial charge in [0, 0.05) is 12.6 Å². The van der Waals surface area contributed by atoms with E-state index in [9.17, 15) is 13.6 Å². The van der Waals surface area contributed by atoms with Crippen LogP contribution in [0.3, 0.4) is 0 Å². The van der Waals surface area contributed by atoms with Crippen molar-refractivity contribution in [3.8, 4) is 0 Å². The molecule has 5 heteroatoms. The monoisotopic (exact) mass is 268 g/mol. The Labute approximate surface area is 111 Å². The third-order valence-corrected chi connectivity index (χ3v) is 3.61. The molecule has 0 aromatic heterocycles. The minimum atomic E-state index is -0.902. The second kappa shape index (κ2) is 6.10. The summed E-state index contributed by atoms with van der Waals surface area (Å²) in [5.41, 5.74) is 6.46. The smallest absolute Gasteiger partial charge is 0.224 e. The topological polar surface area (TPSA) is 55.1 Å².